The van der Waals surface area contributed by atoms with Gasteiger partial charge in [0.2, 0.25) is 0 Å². The number of fused-ring (bicyclic) bond motifs is 1. The Balaban J connectivity index is 1.73. The summed E-state index contributed by atoms with van der Waals surface area (Å²) in [5, 5.41) is 0.842. The summed E-state index contributed by atoms with van der Waals surface area (Å²) in [4.78, 5) is 29.7. The molecule has 2 heterocycles. The number of nitrogens with one attached hydrogen (secondary N) is 1. The van der Waals surface area contributed by atoms with Crippen LogP contribution in [0.1, 0.15) is 30.8 Å². The lowest BCUT2D eigenvalue weighted by Crippen LogP contribution is -2.46. The van der Waals surface area contributed by atoms with Gasteiger partial charge >= 0.3 is 5.97 Å². The molecule has 2 atom stereocenters. The number of ether oxygens (including phenoxy) is 1. The van der Waals surface area contributed by atoms with Gasteiger partial charge in [-0.3, -0.25) is 4.79 Å². The van der Waals surface area contributed by atoms with Crippen LogP contribution in [-0.4, -0.2) is 60.4 Å². The van der Waals surface area contributed by atoms with E-state index in [1.165, 1.54) is 11.8 Å². The number of halogens is 1. The van der Waals surface area contributed by atoms with Gasteiger partial charge in [-0.1, -0.05) is 18.2 Å². The van der Waals surface area contributed by atoms with Crippen LogP contribution in [0.15, 0.2) is 28.7 Å². The normalized spacial score (nSPS) is 19.7. The number of aromatic amines is 1. The largest absolute Gasteiger partial charge is 0.448 e. The summed E-state index contributed by atoms with van der Waals surface area (Å²) in [5.74, 6) is -0.993. The first kappa shape index (κ1) is 19.9. The monoisotopic (exact) mass is 456 g/mol. The molecule has 2 aromatic rings. The van der Waals surface area contributed by atoms with Crippen LogP contribution in [0, 0.1) is 0 Å². The Morgan fingerprint density at radius 1 is 1.37 bits per heavy atom. The van der Waals surface area contributed by atoms with Gasteiger partial charge in [-0.15, -0.1) is 0 Å². The second kappa shape index (κ2) is 7.63. The van der Waals surface area contributed by atoms with Gasteiger partial charge in [0, 0.05) is 23.5 Å². The third kappa shape index (κ3) is 4.03. The summed E-state index contributed by atoms with van der Waals surface area (Å²) in [6.45, 7) is 3.64. The van der Waals surface area contributed by atoms with E-state index in [1.807, 2.05) is 24.3 Å². The molecule has 7 nitrogen and oxygen atoms in total. The van der Waals surface area contributed by atoms with Crippen molar-refractivity contribution in [2.45, 2.75) is 32.4 Å². The van der Waals surface area contributed by atoms with Crippen molar-refractivity contribution >= 4 is 48.5 Å². The van der Waals surface area contributed by atoms with E-state index in [-0.39, 0.29) is 29.1 Å². The molecule has 1 aliphatic rings. The molecule has 0 saturated carbocycles. The predicted octanol–water partition coefficient (Wildman–Crippen LogP) is 2.51. The summed E-state index contributed by atoms with van der Waals surface area (Å²) >= 11 is 3.39. The highest BCUT2D eigenvalue weighted by Crippen LogP contribution is 2.28. The molecular formula is C18H21BrN2O5S. The Morgan fingerprint density at radius 2 is 2.07 bits per heavy atom. The zero-order valence-corrected chi connectivity index (χ0v) is 17.5. The second-order valence-electron chi connectivity index (χ2n) is 6.59. The molecule has 0 bridgehead atoms. The minimum Gasteiger partial charge on any atom is -0.448 e. The van der Waals surface area contributed by atoms with Gasteiger partial charge in [0.25, 0.3) is 5.91 Å². The van der Waals surface area contributed by atoms with Crippen LogP contribution in [-0.2, 0) is 19.4 Å². The SMILES string of the molecule is CCN(C(=O)[C@@H](C)OC(=O)c1[nH]c2ccccc2c1Br)[C@@H]1CCS(=O)(=O)C1. The second-order valence-corrected chi connectivity index (χ2v) is 9.61. The van der Waals surface area contributed by atoms with E-state index < -0.39 is 21.9 Å². The third-order valence-electron chi connectivity index (χ3n) is 4.75. The number of amides is 1. The molecule has 0 spiro atoms. The van der Waals surface area contributed by atoms with E-state index in [2.05, 4.69) is 20.9 Å². The molecule has 27 heavy (non-hydrogen) atoms. The van der Waals surface area contributed by atoms with Gasteiger partial charge < -0.3 is 14.6 Å². The van der Waals surface area contributed by atoms with E-state index in [0.29, 0.717) is 17.4 Å². The van der Waals surface area contributed by atoms with Crippen molar-refractivity contribution in [1.82, 2.24) is 9.88 Å². The predicted molar refractivity (Wildman–Crippen MR) is 105 cm³/mol. The quantitative estimate of drug-likeness (QED) is 0.697. The number of esters is 1. The van der Waals surface area contributed by atoms with Gasteiger partial charge in [-0.05, 0) is 42.3 Å². The molecule has 3 rings (SSSR count). The Morgan fingerprint density at radius 3 is 2.67 bits per heavy atom. The Bertz CT molecular complexity index is 985. The van der Waals surface area contributed by atoms with Crippen LogP contribution in [0.3, 0.4) is 0 Å². The summed E-state index contributed by atoms with van der Waals surface area (Å²) in [5.41, 5.74) is 1.02. The summed E-state index contributed by atoms with van der Waals surface area (Å²) in [6, 6.07) is 7.04. The Hall–Kier alpha value is -1.87. The number of para-hydroxylation sites is 1. The lowest BCUT2D eigenvalue weighted by Gasteiger charge is -2.29. The molecule has 1 N–H and O–H groups in total. The van der Waals surface area contributed by atoms with Gasteiger partial charge in [0.05, 0.1) is 16.0 Å². The number of hydrogen-bond acceptors (Lipinski definition) is 5. The van der Waals surface area contributed by atoms with E-state index in [4.69, 9.17) is 4.74 Å². The lowest BCUT2D eigenvalue weighted by molar-refractivity contribution is -0.141. The van der Waals surface area contributed by atoms with Crippen molar-refractivity contribution in [1.29, 1.82) is 0 Å². The third-order valence-corrected chi connectivity index (χ3v) is 7.33. The van der Waals surface area contributed by atoms with E-state index >= 15 is 0 Å². The number of aromatic nitrogens is 1. The molecule has 1 saturated heterocycles. The van der Waals surface area contributed by atoms with Gasteiger partial charge in [0.1, 0.15) is 5.69 Å². The number of rotatable bonds is 5. The average molecular weight is 457 g/mol. The summed E-state index contributed by atoms with van der Waals surface area (Å²) < 4.78 is 29.4. The highest BCUT2D eigenvalue weighted by atomic mass is 79.9. The number of likely N-dealkylation sites (N-methyl/N-ethyl adjacent to an activating group) is 1. The summed E-state index contributed by atoms with van der Waals surface area (Å²) in [7, 11) is -3.11. The zero-order chi connectivity index (χ0) is 19.8. The molecule has 0 unspecified atom stereocenters. The fourth-order valence-corrected chi connectivity index (χ4v) is 5.70. The van der Waals surface area contributed by atoms with Crippen molar-refractivity contribution < 1.29 is 22.7 Å². The van der Waals surface area contributed by atoms with Crippen molar-refractivity contribution in [3.05, 3.63) is 34.4 Å². The molecule has 1 fully saturated rings. The maximum atomic E-state index is 12.7. The Labute approximate surface area is 166 Å². The van der Waals surface area contributed by atoms with Gasteiger partial charge in [0.15, 0.2) is 15.9 Å². The minimum atomic E-state index is -3.11. The molecular weight excluding hydrogens is 436 g/mol. The first-order valence-electron chi connectivity index (χ1n) is 8.71. The number of H-pyrrole nitrogens is 1. The van der Waals surface area contributed by atoms with Crippen LogP contribution in [0.25, 0.3) is 10.9 Å². The molecule has 1 aliphatic heterocycles. The zero-order valence-electron chi connectivity index (χ0n) is 15.1. The number of hydrogen-bond donors (Lipinski definition) is 1. The maximum absolute atomic E-state index is 12.7. The average Bonchev–Trinajstić information content (AvgIpc) is 3.15. The standard InChI is InChI=1S/C18H21BrN2O5S/c1-3-21(12-8-9-27(24,25)10-12)17(22)11(2)26-18(23)16-15(19)13-6-4-5-7-14(13)20-16/h4-7,11-12,20H,3,8-10H2,1-2H3/t11-,12-/m1/s1. The van der Waals surface area contributed by atoms with Gasteiger partial charge in [-0.2, -0.15) is 0 Å². The molecule has 0 radical (unpaired) electrons. The first-order chi connectivity index (χ1) is 12.7. The first-order valence-corrected chi connectivity index (χ1v) is 11.3. The van der Waals surface area contributed by atoms with Crippen LogP contribution < -0.4 is 0 Å². The molecule has 1 aromatic heterocycles. The van der Waals surface area contributed by atoms with Crippen LogP contribution in [0.4, 0.5) is 0 Å². The minimum absolute atomic E-state index is 0.0409. The molecule has 0 aliphatic carbocycles. The smallest absolute Gasteiger partial charge is 0.356 e. The number of sulfone groups is 1. The molecule has 146 valence electrons. The topological polar surface area (TPSA) is 96.5 Å². The highest BCUT2D eigenvalue weighted by molar-refractivity contribution is 9.10. The fraction of sp³-hybridized carbons (Fsp3) is 0.444. The number of carbonyl (C=O) groups excluding carboxylic acids is 2. The number of benzene rings is 1. The molecule has 1 amide bonds. The summed E-state index contributed by atoms with van der Waals surface area (Å²) in [6.07, 6.45) is -0.602. The van der Waals surface area contributed by atoms with Crippen LogP contribution in [0.5, 0.6) is 0 Å². The van der Waals surface area contributed by atoms with Crippen LogP contribution in [0.2, 0.25) is 0 Å². The van der Waals surface area contributed by atoms with E-state index in [9.17, 15) is 18.0 Å². The van der Waals surface area contributed by atoms with Crippen molar-refractivity contribution in [2.24, 2.45) is 0 Å². The van der Waals surface area contributed by atoms with Crippen molar-refractivity contribution in [3.8, 4) is 0 Å². The van der Waals surface area contributed by atoms with E-state index in [1.54, 1.807) is 6.92 Å². The van der Waals surface area contributed by atoms with Crippen molar-refractivity contribution in [3.63, 3.8) is 0 Å². The molecule has 9 heteroatoms. The van der Waals surface area contributed by atoms with Crippen LogP contribution >= 0.6 is 15.9 Å². The molecule has 1 aromatic carbocycles. The number of carbonyl (C=O) groups is 2. The highest BCUT2D eigenvalue weighted by Gasteiger charge is 2.36. The Kier molecular flexibility index (Phi) is 5.62. The maximum Gasteiger partial charge on any atom is 0.356 e. The number of nitrogens with zero attached hydrogens (tertiary/aromatic N) is 1. The fourth-order valence-electron chi connectivity index (χ4n) is 3.37. The van der Waals surface area contributed by atoms with Gasteiger partial charge in [-0.25, -0.2) is 13.2 Å². The van der Waals surface area contributed by atoms with E-state index in [0.717, 1.165) is 10.9 Å². The van der Waals surface area contributed by atoms with Crippen molar-refractivity contribution in [2.75, 3.05) is 18.1 Å². The lowest BCUT2D eigenvalue weighted by atomic mass is 10.2.